The van der Waals surface area contributed by atoms with E-state index in [1.165, 1.54) is 10.9 Å². The highest BCUT2D eigenvalue weighted by molar-refractivity contribution is 5.90. The molecule has 9 heteroatoms. The van der Waals surface area contributed by atoms with Gasteiger partial charge >= 0.3 is 0 Å². The number of rotatable bonds is 7. The lowest BCUT2D eigenvalue weighted by atomic mass is 10.1. The second-order valence-corrected chi connectivity index (χ2v) is 7.30. The molecule has 4 rings (SSSR count). The van der Waals surface area contributed by atoms with Crippen LogP contribution in [0.3, 0.4) is 0 Å². The number of hydrogen-bond donors (Lipinski definition) is 2. The molecule has 1 amide bonds. The van der Waals surface area contributed by atoms with E-state index < -0.39 is 0 Å². The first kappa shape index (κ1) is 21.1. The molecule has 0 bridgehead atoms. The van der Waals surface area contributed by atoms with Crippen molar-refractivity contribution in [3.05, 3.63) is 75.9 Å². The number of aromatic nitrogens is 4. The normalized spacial score (nSPS) is 10.8. The van der Waals surface area contributed by atoms with Crippen LogP contribution in [-0.2, 0) is 11.2 Å². The van der Waals surface area contributed by atoms with Gasteiger partial charge in [-0.2, -0.15) is 9.78 Å². The minimum atomic E-state index is -0.265. The Morgan fingerprint density at radius 1 is 1.22 bits per heavy atom. The maximum atomic E-state index is 12.7. The van der Waals surface area contributed by atoms with Crippen molar-refractivity contribution in [1.29, 1.82) is 0 Å². The largest absolute Gasteiger partial charge is 0.497 e. The summed E-state index contributed by atoms with van der Waals surface area (Å²) in [7, 11) is 1.61. The van der Waals surface area contributed by atoms with Crippen LogP contribution in [0.5, 0.6) is 5.75 Å². The Labute approximate surface area is 184 Å². The molecule has 0 aliphatic carbocycles. The molecule has 0 fully saturated rings. The van der Waals surface area contributed by atoms with E-state index in [1.54, 1.807) is 39.2 Å². The lowest BCUT2D eigenvalue weighted by molar-refractivity contribution is -0.116. The quantitative estimate of drug-likeness (QED) is 0.462. The smallest absolute Gasteiger partial charge is 0.255 e. The van der Waals surface area contributed by atoms with E-state index in [2.05, 4.69) is 20.4 Å². The van der Waals surface area contributed by atoms with Gasteiger partial charge in [-0.15, -0.1) is 0 Å². The number of aromatic amines is 1. The molecule has 1 aromatic carbocycles. The summed E-state index contributed by atoms with van der Waals surface area (Å²) in [4.78, 5) is 32.1. The highest BCUT2D eigenvalue weighted by atomic mass is 16.5. The Hall–Kier alpha value is -4.14. The number of H-pyrrole nitrogens is 1. The van der Waals surface area contributed by atoms with Gasteiger partial charge in [0.25, 0.3) is 5.56 Å². The second kappa shape index (κ2) is 8.93. The number of benzene rings is 1. The van der Waals surface area contributed by atoms with Gasteiger partial charge in [0.1, 0.15) is 17.3 Å². The molecule has 3 aromatic heterocycles. The Morgan fingerprint density at radius 3 is 2.66 bits per heavy atom. The van der Waals surface area contributed by atoms with E-state index in [0.29, 0.717) is 35.0 Å². The second-order valence-electron chi connectivity index (χ2n) is 7.30. The van der Waals surface area contributed by atoms with Crippen molar-refractivity contribution in [2.45, 2.75) is 26.7 Å². The number of aryl methyl sites for hydroxylation is 2. The van der Waals surface area contributed by atoms with E-state index in [1.807, 2.05) is 24.3 Å². The first-order chi connectivity index (χ1) is 15.4. The van der Waals surface area contributed by atoms with Gasteiger partial charge in [0, 0.05) is 23.7 Å². The van der Waals surface area contributed by atoms with Crippen molar-refractivity contribution in [3.8, 4) is 23.2 Å². The summed E-state index contributed by atoms with van der Waals surface area (Å²) < 4.78 is 12.0. The predicted octanol–water partition coefficient (Wildman–Crippen LogP) is 3.41. The van der Waals surface area contributed by atoms with Crippen molar-refractivity contribution in [3.63, 3.8) is 0 Å². The number of amides is 1. The van der Waals surface area contributed by atoms with Crippen LogP contribution in [0.1, 0.15) is 23.2 Å². The first-order valence-electron chi connectivity index (χ1n) is 10.1. The van der Waals surface area contributed by atoms with Gasteiger partial charge in [0.2, 0.25) is 11.9 Å². The number of anilines is 1. The summed E-state index contributed by atoms with van der Waals surface area (Å²) in [5, 5.41) is 7.36. The molecule has 0 aliphatic heterocycles. The van der Waals surface area contributed by atoms with Gasteiger partial charge in [-0.25, -0.2) is 4.98 Å². The van der Waals surface area contributed by atoms with Crippen molar-refractivity contribution < 1.29 is 13.9 Å². The molecule has 32 heavy (non-hydrogen) atoms. The van der Waals surface area contributed by atoms with Crippen LogP contribution < -0.4 is 15.6 Å². The van der Waals surface area contributed by atoms with Crippen molar-refractivity contribution in [2.75, 3.05) is 12.4 Å². The fourth-order valence-electron chi connectivity index (χ4n) is 3.16. The van der Waals surface area contributed by atoms with Gasteiger partial charge in [-0.05, 0) is 50.1 Å². The number of nitrogens with one attached hydrogen (secondary N) is 2. The molecule has 9 nitrogen and oxygen atoms in total. The van der Waals surface area contributed by atoms with E-state index in [9.17, 15) is 9.59 Å². The Balaban J connectivity index is 1.59. The summed E-state index contributed by atoms with van der Waals surface area (Å²) in [6.07, 6.45) is 2.37. The molecule has 4 aromatic rings. The van der Waals surface area contributed by atoms with Crippen LogP contribution in [0, 0.1) is 13.8 Å². The Morgan fingerprint density at radius 2 is 2.00 bits per heavy atom. The molecule has 0 saturated heterocycles. The third kappa shape index (κ3) is 4.46. The van der Waals surface area contributed by atoms with Crippen molar-refractivity contribution in [1.82, 2.24) is 19.7 Å². The molecular weight excluding hydrogens is 410 g/mol. The summed E-state index contributed by atoms with van der Waals surface area (Å²) >= 11 is 0. The van der Waals surface area contributed by atoms with Gasteiger partial charge in [0.05, 0.1) is 13.4 Å². The van der Waals surface area contributed by atoms with Gasteiger partial charge in [-0.1, -0.05) is 12.1 Å². The lowest BCUT2D eigenvalue weighted by Crippen LogP contribution is -2.21. The zero-order chi connectivity index (χ0) is 22.7. The topological polar surface area (TPSA) is 115 Å². The average molecular weight is 433 g/mol. The SMILES string of the molecule is COc1ccc(CCC(=O)Nc2cc(-c3ccco3)nn2-c2nc(C)c(C)c(=O)[nH]2)cc1. The highest BCUT2D eigenvalue weighted by Crippen LogP contribution is 2.24. The van der Waals surface area contributed by atoms with Crippen LogP contribution in [0.25, 0.3) is 17.4 Å². The van der Waals surface area contributed by atoms with Crippen LogP contribution >= 0.6 is 0 Å². The van der Waals surface area contributed by atoms with Crippen LogP contribution in [0.4, 0.5) is 5.82 Å². The maximum absolute atomic E-state index is 12.7. The maximum Gasteiger partial charge on any atom is 0.255 e. The molecule has 164 valence electrons. The zero-order valence-electron chi connectivity index (χ0n) is 18.0. The minimum Gasteiger partial charge on any atom is -0.497 e. The van der Waals surface area contributed by atoms with Crippen LogP contribution in [-0.4, -0.2) is 32.8 Å². The Kier molecular flexibility index (Phi) is 5.89. The van der Waals surface area contributed by atoms with Crippen molar-refractivity contribution >= 4 is 11.7 Å². The molecule has 0 atom stereocenters. The summed E-state index contributed by atoms with van der Waals surface area (Å²) in [5.41, 5.74) is 2.36. The first-order valence-corrected chi connectivity index (χ1v) is 10.1. The fraction of sp³-hybridized carbons (Fsp3) is 0.217. The molecule has 3 heterocycles. The summed E-state index contributed by atoms with van der Waals surface area (Å²) in [6, 6.07) is 12.8. The molecular formula is C23H23N5O4. The van der Waals surface area contributed by atoms with E-state index in [-0.39, 0.29) is 23.8 Å². The third-order valence-electron chi connectivity index (χ3n) is 5.13. The number of methoxy groups -OCH3 is 1. The predicted molar refractivity (Wildman–Crippen MR) is 119 cm³/mol. The summed E-state index contributed by atoms with van der Waals surface area (Å²) in [6.45, 7) is 3.45. The molecule has 0 spiro atoms. The number of nitrogens with zero attached hydrogens (tertiary/aromatic N) is 3. The molecule has 2 N–H and O–H groups in total. The molecule has 0 saturated carbocycles. The third-order valence-corrected chi connectivity index (χ3v) is 5.13. The zero-order valence-corrected chi connectivity index (χ0v) is 18.0. The molecule has 0 unspecified atom stereocenters. The van der Waals surface area contributed by atoms with Crippen LogP contribution in [0.2, 0.25) is 0 Å². The fourth-order valence-corrected chi connectivity index (χ4v) is 3.16. The average Bonchev–Trinajstić information content (AvgIpc) is 3.46. The number of ether oxygens (including phenoxy) is 1. The lowest BCUT2D eigenvalue weighted by Gasteiger charge is -2.09. The minimum absolute atomic E-state index is 0.195. The number of hydrogen-bond acceptors (Lipinski definition) is 6. The van der Waals surface area contributed by atoms with E-state index >= 15 is 0 Å². The number of furan rings is 1. The van der Waals surface area contributed by atoms with E-state index in [0.717, 1.165) is 11.3 Å². The standard InChI is InChI=1S/C23H23N5O4/c1-14-15(2)24-23(26-22(14)30)28-20(13-18(27-28)19-5-4-12-32-19)25-21(29)11-8-16-6-9-17(31-3)10-7-16/h4-7,9-10,12-13H,8,11H2,1-3H3,(H,25,29)(H,24,26,30). The number of carbonyl (C=O) groups is 1. The van der Waals surface area contributed by atoms with E-state index in [4.69, 9.17) is 9.15 Å². The van der Waals surface area contributed by atoms with Crippen LogP contribution in [0.15, 0.2) is 57.9 Å². The molecule has 0 radical (unpaired) electrons. The summed E-state index contributed by atoms with van der Waals surface area (Å²) in [5.74, 6) is 1.69. The molecule has 0 aliphatic rings. The highest BCUT2D eigenvalue weighted by Gasteiger charge is 2.17. The Bertz CT molecular complexity index is 1290. The van der Waals surface area contributed by atoms with Gasteiger partial charge < -0.3 is 14.5 Å². The van der Waals surface area contributed by atoms with Gasteiger partial charge in [0.15, 0.2) is 5.76 Å². The number of carbonyl (C=O) groups excluding carboxylic acids is 1. The monoisotopic (exact) mass is 433 g/mol. The van der Waals surface area contributed by atoms with Gasteiger partial charge in [-0.3, -0.25) is 14.6 Å². The van der Waals surface area contributed by atoms with Crippen molar-refractivity contribution in [2.24, 2.45) is 0 Å².